The van der Waals surface area contributed by atoms with Crippen molar-refractivity contribution in [2.75, 3.05) is 6.54 Å². The maximum Gasteiger partial charge on any atom is 0.303 e. The van der Waals surface area contributed by atoms with Crippen molar-refractivity contribution in [3.05, 3.63) is 35.9 Å². The van der Waals surface area contributed by atoms with Gasteiger partial charge < -0.3 is 16.2 Å². The molecule has 0 aromatic heterocycles. The first-order chi connectivity index (χ1) is 8.50. The highest BCUT2D eigenvalue weighted by Gasteiger charge is 2.16. The highest BCUT2D eigenvalue weighted by Crippen LogP contribution is 2.09. The molecule has 0 bridgehead atoms. The molecule has 0 aliphatic rings. The average Bonchev–Trinajstić information content (AvgIpc) is 2.35. The molecule has 4 N–H and O–H groups in total. The molecule has 0 radical (unpaired) electrons. The van der Waals surface area contributed by atoms with Gasteiger partial charge in [0.2, 0.25) is 5.91 Å². The molecule has 1 aromatic rings. The number of carboxylic acids is 1. The average molecular weight is 250 g/mol. The highest BCUT2D eigenvalue weighted by atomic mass is 16.4. The van der Waals surface area contributed by atoms with Crippen molar-refractivity contribution < 1.29 is 14.7 Å². The van der Waals surface area contributed by atoms with E-state index in [9.17, 15) is 9.59 Å². The quantitative estimate of drug-likeness (QED) is 0.699. The summed E-state index contributed by atoms with van der Waals surface area (Å²) in [6, 6.07) is 8.33. The van der Waals surface area contributed by atoms with Gasteiger partial charge in [0.1, 0.15) is 6.04 Å². The molecule has 0 saturated heterocycles. The summed E-state index contributed by atoms with van der Waals surface area (Å²) in [7, 11) is 0. The summed E-state index contributed by atoms with van der Waals surface area (Å²) >= 11 is 0. The molecule has 5 nitrogen and oxygen atoms in total. The number of amides is 1. The second kappa shape index (κ2) is 6.76. The van der Waals surface area contributed by atoms with Gasteiger partial charge in [0.25, 0.3) is 0 Å². The Morgan fingerprint density at radius 2 is 1.94 bits per heavy atom. The normalized spacial score (nSPS) is 13.7. The fourth-order valence-electron chi connectivity index (χ4n) is 1.57. The number of nitrogens with two attached hydrogens (primary N) is 1. The van der Waals surface area contributed by atoms with Crippen molar-refractivity contribution in [1.82, 2.24) is 5.32 Å². The van der Waals surface area contributed by atoms with E-state index in [0.29, 0.717) is 6.54 Å². The van der Waals surface area contributed by atoms with Crippen molar-refractivity contribution in [3.63, 3.8) is 0 Å². The Labute approximate surface area is 106 Å². The van der Waals surface area contributed by atoms with Gasteiger partial charge in [0.15, 0.2) is 0 Å². The summed E-state index contributed by atoms with van der Waals surface area (Å²) in [5.74, 6) is -1.28. The Kier molecular flexibility index (Phi) is 5.32. The summed E-state index contributed by atoms with van der Waals surface area (Å²) in [5, 5.41) is 11.3. The van der Waals surface area contributed by atoms with Crippen LogP contribution in [-0.4, -0.2) is 23.5 Å². The first-order valence-corrected chi connectivity index (χ1v) is 5.80. The summed E-state index contributed by atoms with van der Waals surface area (Å²) in [4.78, 5) is 22.2. The van der Waals surface area contributed by atoms with Crippen molar-refractivity contribution in [2.45, 2.75) is 19.4 Å². The van der Waals surface area contributed by atoms with E-state index in [1.54, 1.807) is 19.1 Å². The van der Waals surface area contributed by atoms with Crippen molar-refractivity contribution in [1.29, 1.82) is 0 Å². The SMILES string of the molecule is CC(CNC(=O)[C@@H](N)c1ccccc1)CC(=O)O. The molecule has 18 heavy (non-hydrogen) atoms. The topological polar surface area (TPSA) is 92.4 Å². The fourth-order valence-corrected chi connectivity index (χ4v) is 1.57. The number of carbonyl (C=O) groups excluding carboxylic acids is 1. The molecule has 1 rings (SSSR count). The lowest BCUT2D eigenvalue weighted by Crippen LogP contribution is -2.36. The van der Waals surface area contributed by atoms with E-state index in [4.69, 9.17) is 10.8 Å². The van der Waals surface area contributed by atoms with E-state index in [-0.39, 0.29) is 18.2 Å². The van der Waals surface area contributed by atoms with Crippen LogP contribution in [0.5, 0.6) is 0 Å². The smallest absolute Gasteiger partial charge is 0.303 e. The molecule has 0 spiro atoms. The van der Waals surface area contributed by atoms with Crippen LogP contribution >= 0.6 is 0 Å². The Balaban J connectivity index is 2.44. The van der Waals surface area contributed by atoms with Gasteiger partial charge >= 0.3 is 5.97 Å². The van der Waals surface area contributed by atoms with Crippen LogP contribution in [0, 0.1) is 5.92 Å². The number of hydrogen-bond donors (Lipinski definition) is 3. The second-order valence-corrected chi connectivity index (χ2v) is 4.34. The predicted molar refractivity (Wildman–Crippen MR) is 67.8 cm³/mol. The van der Waals surface area contributed by atoms with Crippen LogP contribution in [0.1, 0.15) is 24.9 Å². The molecule has 5 heteroatoms. The molecule has 0 aliphatic carbocycles. The van der Waals surface area contributed by atoms with E-state index >= 15 is 0 Å². The van der Waals surface area contributed by atoms with Crippen molar-refractivity contribution in [2.24, 2.45) is 11.7 Å². The standard InChI is InChI=1S/C13H18N2O3/c1-9(7-11(16)17)8-15-13(18)12(14)10-5-3-2-4-6-10/h2-6,9,12H,7-8,14H2,1H3,(H,15,18)(H,16,17)/t9?,12-/m0/s1. The first kappa shape index (κ1) is 14.2. The molecule has 98 valence electrons. The number of aliphatic carboxylic acids is 1. The Morgan fingerprint density at radius 3 is 2.50 bits per heavy atom. The van der Waals surface area contributed by atoms with Crippen LogP contribution in [0.3, 0.4) is 0 Å². The summed E-state index contributed by atoms with van der Waals surface area (Å²) < 4.78 is 0. The number of benzene rings is 1. The van der Waals surface area contributed by atoms with Gasteiger partial charge in [-0.25, -0.2) is 0 Å². The van der Waals surface area contributed by atoms with Gasteiger partial charge in [-0.1, -0.05) is 37.3 Å². The molecule has 2 atom stereocenters. The monoisotopic (exact) mass is 250 g/mol. The Morgan fingerprint density at radius 1 is 1.33 bits per heavy atom. The van der Waals surface area contributed by atoms with Gasteiger partial charge in [-0.2, -0.15) is 0 Å². The summed E-state index contributed by atoms with van der Waals surface area (Å²) in [6.07, 6.45) is 0.0286. The lowest BCUT2D eigenvalue weighted by molar-refractivity contribution is -0.138. The third kappa shape index (κ3) is 4.55. The highest BCUT2D eigenvalue weighted by molar-refractivity contribution is 5.82. The van der Waals surface area contributed by atoms with Gasteiger partial charge in [-0.15, -0.1) is 0 Å². The van der Waals surface area contributed by atoms with E-state index in [1.165, 1.54) is 0 Å². The Bertz CT molecular complexity index is 406. The predicted octanol–water partition coefficient (Wildman–Crippen LogP) is 0.913. The fraction of sp³-hybridized carbons (Fsp3) is 0.385. The maximum atomic E-state index is 11.8. The van der Waals surface area contributed by atoms with Gasteiger partial charge in [0.05, 0.1) is 0 Å². The molecule has 0 fully saturated rings. The number of rotatable bonds is 6. The largest absolute Gasteiger partial charge is 0.481 e. The van der Waals surface area contributed by atoms with E-state index in [2.05, 4.69) is 5.32 Å². The van der Waals surface area contributed by atoms with Crippen LogP contribution in [0.15, 0.2) is 30.3 Å². The minimum Gasteiger partial charge on any atom is -0.481 e. The molecule has 0 saturated carbocycles. The molecular formula is C13H18N2O3. The maximum absolute atomic E-state index is 11.8. The lowest BCUT2D eigenvalue weighted by atomic mass is 10.1. The Hall–Kier alpha value is -1.88. The van der Waals surface area contributed by atoms with Gasteiger partial charge in [-0.3, -0.25) is 9.59 Å². The van der Waals surface area contributed by atoms with Crippen LogP contribution < -0.4 is 11.1 Å². The van der Waals surface area contributed by atoms with E-state index in [1.807, 2.05) is 18.2 Å². The van der Waals surface area contributed by atoms with Crippen LogP contribution in [0.2, 0.25) is 0 Å². The van der Waals surface area contributed by atoms with Crippen molar-refractivity contribution in [3.8, 4) is 0 Å². The third-order valence-electron chi connectivity index (χ3n) is 2.59. The number of carbonyl (C=O) groups is 2. The second-order valence-electron chi connectivity index (χ2n) is 4.34. The van der Waals surface area contributed by atoms with E-state index in [0.717, 1.165) is 5.56 Å². The summed E-state index contributed by atoms with van der Waals surface area (Å²) in [6.45, 7) is 2.08. The van der Waals surface area contributed by atoms with Crippen molar-refractivity contribution >= 4 is 11.9 Å². The summed E-state index contributed by atoms with van der Waals surface area (Å²) in [5.41, 5.74) is 6.53. The van der Waals surface area contributed by atoms with Gasteiger partial charge in [0, 0.05) is 13.0 Å². The molecule has 1 unspecified atom stereocenters. The third-order valence-corrected chi connectivity index (χ3v) is 2.59. The first-order valence-electron chi connectivity index (χ1n) is 5.80. The zero-order valence-electron chi connectivity index (χ0n) is 10.3. The van der Waals surface area contributed by atoms with Gasteiger partial charge in [-0.05, 0) is 11.5 Å². The van der Waals surface area contributed by atoms with Crippen LogP contribution in [0.4, 0.5) is 0 Å². The lowest BCUT2D eigenvalue weighted by Gasteiger charge is -2.14. The molecular weight excluding hydrogens is 232 g/mol. The van der Waals surface area contributed by atoms with Crippen LogP contribution in [-0.2, 0) is 9.59 Å². The number of nitrogens with one attached hydrogen (secondary N) is 1. The zero-order valence-corrected chi connectivity index (χ0v) is 10.3. The molecule has 0 heterocycles. The van der Waals surface area contributed by atoms with E-state index < -0.39 is 12.0 Å². The molecule has 1 amide bonds. The zero-order chi connectivity index (χ0) is 13.5. The molecule has 0 aliphatic heterocycles. The minimum absolute atomic E-state index is 0.0286. The number of carboxylic acid groups (broad SMARTS) is 1. The minimum atomic E-state index is -0.871. The number of hydrogen-bond acceptors (Lipinski definition) is 3. The molecule has 1 aromatic carbocycles. The van der Waals surface area contributed by atoms with Crippen LogP contribution in [0.25, 0.3) is 0 Å².